The minimum atomic E-state index is -0.375. The Hall–Kier alpha value is -2.01. The number of rotatable bonds is 3. The van der Waals surface area contributed by atoms with Gasteiger partial charge in [-0.15, -0.1) is 0 Å². The Morgan fingerprint density at radius 1 is 1.20 bits per heavy atom. The first-order chi connectivity index (χ1) is 11.8. The highest BCUT2D eigenvalue weighted by Gasteiger charge is 2.46. The molecule has 2 aromatic rings. The molecule has 25 heavy (non-hydrogen) atoms. The molecule has 0 spiro atoms. The third-order valence-electron chi connectivity index (χ3n) is 4.73. The second kappa shape index (κ2) is 6.71. The lowest BCUT2D eigenvalue weighted by Gasteiger charge is -2.46. The maximum atomic E-state index is 11.8. The summed E-state index contributed by atoms with van der Waals surface area (Å²) in [4.78, 5) is 11.8. The van der Waals surface area contributed by atoms with Crippen LogP contribution in [0.5, 0.6) is 5.75 Å². The normalized spacial score (nSPS) is 21.0. The van der Waals surface area contributed by atoms with Gasteiger partial charge in [0, 0.05) is 28.1 Å². The van der Waals surface area contributed by atoms with Gasteiger partial charge in [0.1, 0.15) is 11.9 Å². The highest BCUT2D eigenvalue weighted by molar-refractivity contribution is 9.10. The molecule has 1 heterocycles. The van der Waals surface area contributed by atoms with Gasteiger partial charge in [-0.05, 0) is 35.9 Å². The summed E-state index contributed by atoms with van der Waals surface area (Å²) >= 11 is 3.54. The van der Waals surface area contributed by atoms with E-state index in [1.165, 1.54) is 6.92 Å². The zero-order valence-electron chi connectivity index (χ0n) is 14.8. The smallest absolute Gasteiger partial charge is 0.303 e. The number of nitrogens with one attached hydrogen (secondary N) is 1. The number of benzene rings is 2. The Bertz CT molecular complexity index is 803. The first-order valence-electron chi connectivity index (χ1n) is 8.20. The molecule has 0 saturated heterocycles. The molecule has 3 rings (SSSR count). The molecule has 0 saturated carbocycles. The molecule has 1 aliphatic heterocycles. The number of carbonyl (C=O) groups excluding carboxylic acids is 1. The Morgan fingerprint density at radius 3 is 2.60 bits per heavy atom. The number of hydrogen-bond acceptors (Lipinski definition) is 4. The monoisotopic (exact) mass is 403 g/mol. The van der Waals surface area contributed by atoms with E-state index < -0.39 is 0 Å². The molecule has 2 unspecified atom stereocenters. The van der Waals surface area contributed by atoms with Gasteiger partial charge in [0.2, 0.25) is 0 Å². The highest BCUT2D eigenvalue weighted by Crippen LogP contribution is 2.53. The van der Waals surface area contributed by atoms with E-state index >= 15 is 0 Å². The molecular weight excluding hydrogens is 382 g/mol. The molecule has 0 amide bonds. The molecule has 0 bridgehead atoms. The van der Waals surface area contributed by atoms with Crippen LogP contribution in [0.3, 0.4) is 0 Å². The van der Waals surface area contributed by atoms with Gasteiger partial charge in [0.15, 0.2) is 0 Å². The van der Waals surface area contributed by atoms with Crippen molar-refractivity contribution < 1.29 is 14.3 Å². The van der Waals surface area contributed by atoms with Crippen molar-refractivity contribution in [3.63, 3.8) is 0 Å². The van der Waals surface area contributed by atoms with Gasteiger partial charge >= 0.3 is 5.97 Å². The van der Waals surface area contributed by atoms with E-state index in [9.17, 15) is 4.79 Å². The molecule has 132 valence electrons. The average Bonchev–Trinajstić information content (AvgIpc) is 2.56. The van der Waals surface area contributed by atoms with E-state index in [0.29, 0.717) is 0 Å². The van der Waals surface area contributed by atoms with Crippen LogP contribution in [0.2, 0.25) is 0 Å². The van der Waals surface area contributed by atoms with Gasteiger partial charge in [0.05, 0.1) is 13.2 Å². The molecule has 0 radical (unpaired) electrons. The number of fused-ring (bicyclic) bond motifs is 1. The topological polar surface area (TPSA) is 47.6 Å². The molecule has 0 aliphatic carbocycles. The van der Waals surface area contributed by atoms with Gasteiger partial charge in [-0.3, -0.25) is 4.79 Å². The van der Waals surface area contributed by atoms with Crippen molar-refractivity contribution in [2.24, 2.45) is 5.41 Å². The molecule has 2 atom stereocenters. The van der Waals surface area contributed by atoms with Crippen LogP contribution in [0.25, 0.3) is 0 Å². The summed E-state index contributed by atoms with van der Waals surface area (Å²) < 4.78 is 12.1. The first-order valence-corrected chi connectivity index (χ1v) is 8.99. The van der Waals surface area contributed by atoms with Crippen molar-refractivity contribution in [2.75, 3.05) is 12.4 Å². The molecule has 0 fully saturated rings. The van der Waals surface area contributed by atoms with E-state index in [2.05, 4.69) is 47.2 Å². The largest absolute Gasteiger partial charge is 0.497 e. The second-order valence-corrected chi connectivity index (χ2v) is 7.81. The summed E-state index contributed by atoms with van der Waals surface area (Å²) in [7, 11) is 1.63. The van der Waals surface area contributed by atoms with E-state index in [-0.39, 0.29) is 23.5 Å². The fourth-order valence-electron chi connectivity index (χ4n) is 3.49. The Balaban J connectivity index is 2.13. The Kier molecular flexibility index (Phi) is 4.78. The zero-order chi connectivity index (χ0) is 18.2. The number of methoxy groups -OCH3 is 1. The van der Waals surface area contributed by atoms with E-state index in [4.69, 9.17) is 9.47 Å². The average molecular weight is 404 g/mol. The lowest BCUT2D eigenvalue weighted by Crippen LogP contribution is -2.40. The quantitative estimate of drug-likeness (QED) is 0.710. The van der Waals surface area contributed by atoms with E-state index in [0.717, 1.165) is 27.0 Å². The van der Waals surface area contributed by atoms with Gasteiger partial charge < -0.3 is 14.8 Å². The second-order valence-electron chi connectivity index (χ2n) is 6.90. The van der Waals surface area contributed by atoms with Crippen LogP contribution in [0.15, 0.2) is 46.9 Å². The highest BCUT2D eigenvalue weighted by atomic mass is 79.9. The van der Waals surface area contributed by atoms with E-state index in [1.54, 1.807) is 7.11 Å². The van der Waals surface area contributed by atoms with Crippen molar-refractivity contribution in [3.8, 4) is 5.75 Å². The molecule has 4 nitrogen and oxygen atoms in total. The van der Waals surface area contributed by atoms with Crippen LogP contribution >= 0.6 is 15.9 Å². The Labute approximate surface area is 156 Å². The maximum absolute atomic E-state index is 11.8. The lowest BCUT2D eigenvalue weighted by molar-refractivity contribution is -0.154. The SMILES string of the molecule is COc1ccc2c(c1)C(OC(C)=O)C(C)(C)C(c1cccc(Br)c1)N2. The van der Waals surface area contributed by atoms with Gasteiger partial charge in [-0.2, -0.15) is 0 Å². The van der Waals surface area contributed by atoms with Crippen LogP contribution in [0, 0.1) is 5.41 Å². The number of halogens is 1. The van der Waals surface area contributed by atoms with Crippen molar-refractivity contribution in [1.82, 2.24) is 0 Å². The number of esters is 1. The molecule has 0 aromatic heterocycles. The number of anilines is 1. The van der Waals surface area contributed by atoms with Crippen LogP contribution < -0.4 is 10.1 Å². The van der Waals surface area contributed by atoms with Gasteiger partial charge in [-0.25, -0.2) is 0 Å². The molecule has 1 aliphatic rings. The minimum Gasteiger partial charge on any atom is -0.497 e. The summed E-state index contributed by atoms with van der Waals surface area (Å²) in [6.45, 7) is 5.68. The van der Waals surface area contributed by atoms with E-state index in [1.807, 2.05) is 30.3 Å². The predicted molar refractivity (Wildman–Crippen MR) is 102 cm³/mol. The van der Waals surface area contributed by atoms with Crippen LogP contribution in [-0.4, -0.2) is 13.1 Å². The summed E-state index contributed by atoms with van der Waals surface area (Å²) in [5.74, 6) is 0.455. The predicted octanol–water partition coefficient (Wildman–Crippen LogP) is 5.25. The first kappa shape index (κ1) is 17.8. The van der Waals surface area contributed by atoms with Gasteiger partial charge in [0.25, 0.3) is 0 Å². The third kappa shape index (κ3) is 3.38. The van der Waals surface area contributed by atoms with Crippen LogP contribution in [-0.2, 0) is 9.53 Å². The van der Waals surface area contributed by atoms with Crippen molar-refractivity contribution in [1.29, 1.82) is 0 Å². The lowest BCUT2D eigenvalue weighted by atomic mass is 9.70. The number of ether oxygens (including phenoxy) is 2. The summed E-state index contributed by atoms with van der Waals surface area (Å²) in [6, 6.07) is 14.0. The fraction of sp³-hybridized carbons (Fsp3) is 0.350. The molecular formula is C20H22BrNO3. The summed E-state index contributed by atoms with van der Waals surface area (Å²) in [5.41, 5.74) is 2.67. The van der Waals surface area contributed by atoms with Crippen molar-refractivity contribution in [3.05, 3.63) is 58.1 Å². The Morgan fingerprint density at radius 2 is 1.96 bits per heavy atom. The molecule has 2 aromatic carbocycles. The molecule has 1 N–H and O–H groups in total. The maximum Gasteiger partial charge on any atom is 0.303 e. The zero-order valence-corrected chi connectivity index (χ0v) is 16.4. The molecule has 5 heteroatoms. The standard InChI is InChI=1S/C20H22BrNO3/c1-12(23)25-19-16-11-15(24-4)8-9-17(16)22-18(20(19,2)3)13-6-5-7-14(21)10-13/h5-11,18-19,22H,1-4H3. The number of carbonyl (C=O) groups is 1. The van der Waals surface area contributed by atoms with Crippen LogP contribution in [0.1, 0.15) is 44.0 Å². The minimum absolute atomic E-state index is 0.00440. The van der Waals surface area contributed by atoms with Crippen molar-refractivity contribution >= 4 is 27.6 Å². The fourth-order valence-corrected chi connectivity index (χ4v) is 3.91. The van der Waals surface area contributed by atoms with Gasteiger partial charge in [-0.1, -0.05) is 41.9 Å². The summed E-state index contributed by atoms with van der Waals surface area (Å²) in [6.07, 6.45) is -0.375. The summed E-state index contributed by atoms with van der Waals surface area (Å²) in [5, 5.41) is 3.62. The van der Waals surface area contributed by atoms with Crippen molar-refractivity contribution in [2.45, 2.75) is 32.9 Å². The van der Waals surface area contributed by atoms with Crippen LogP contribution in [0.4, 0.5) is 5.69 Å². The third-order valence-corrected chi connectivity index (χ3v) is 5.22. The number of hydrogen-bond donors (Lipinski definition) is 1.